The molecule has 0 bridgehead atoms. The second kappa shape index (κ2) is 9.40. The first kappa shape index (κ1) is 19.2. The van der Waals surface area contributed by atoms with E-state index in [0.29, 0.717) is 17.9 Å². The van der Waals surface area contributed by atoms with Crippen LogP contribution in [0.2, 0.25) is 0 Å². The molecular weight excluding hydrogens is 326 g/mol. The Labute approximate surface area is 157 Å². The standard InChI is InChI=1S/C20H35N5O/c1-15-16(2)26-19(23-15)14-25-11-9-17(10-12-25)13-22-20(21)24-18-7-5-3-4-6-8-18/h17-18H,3-14H2,1-2H3,(H3,21,22,24). The Kier molecular flexibility index (Phi) is 6.94. The van der Waals surface area contributed by atoms with Gasteiger partial charge in [0, 0.05) is 12.6 Å². The molecule has 1 aromatic heterocycles. The molecule has 2 heterocycles. The van der Waals surface area contributed by atoms with Gasteiger partial charge in [0.25, 0.3) is 0 Å². The van der Waals surface area contributed by atoms with Crippen molar-refractivity contribution in [3.05, 3.63) is 17.3 Å². The van der Waals surface area contributed by atoms with Gasteiger partial charge in [-0.3, -0.25) is 9.89 Å². The summed E-state index contributed by atoms with van der Waals surface area (Å²) in [6.45, 7) is 7.80. The molecule has 0 unspecified atom stereocenters. The van der Waals surface area contributed by atoms with Crippen LogP contribution in [0.25, 0.3) is 0 Å². The van der Waals surface area contributed by atoms with Gasteiger partial charge in [-0.25, -0.2) is 4.98 Å². The van der Waals surface area contributed by atoms with E-state index in [2.05, 4.69) is 20.2 Å². The molecule has 6 nitrogen and oxygen atoms in total. The first-order valence-electron chi connectivity index (χ1n) is 10.3. The first-order chi connectivity index (χ1) is 12.6. The van der Waals surface area contributed by atoms with Crippen LogP contribution in [-0.2, 0) is 6.54 Å². The molecule has 0 spiro atoms. The van der Waals surface area contributed by atoms with E-state index >= 15 is 0 Å². The SMILES string of the molecule is Cc1nc(CN2CCC(CN=C(N)NC3CCCCCC3)CC2)oc1C. The minimum atomic E-state index is 0.524. The fourth-order valence-corrected chi connectivity index (χ4v) is 4.03. The number of nitrogens with one attached hydrogen (secondary N) is 1. The van der Waals surface area contributed by atoms with E-state index in [0.717, 1.165) is 43.5 Å². The van der Waals surface area contributed by atoms with Crippen molar-refractivity contribution in [2.75, 3.05) is 19.6 Å². The highest BCUT2D eigenvalue weighted by atomic mass is 16.4. The fraction of sp³-hybridized carbons (Fsp3) is 0.800. The van der Waals surface area contributed by atoms with Gasteiger partial charge in [0.05, 0.1) is 12.2 Å². The third kappa shape index (κ3) is 5.73. The number of rotatable bonds is 5. The van der Waals surface area contributed by atoms with E-state index in [1.54, 1.807) is 0 Å². The number of aliphatic imine (C=N–C) groups is 1. The van der Waals surface area contributed by atoms with Crippen molar-refractivity contribution in [3.63, 3.8) is 0 Å². The van der Waals surface area contributed by atoms with Gasteiger partial charge in [0.2, 0.25) is 5.89 Å². The molecule has 0 radical (unpaired) electrons. The van der Waals surface area contributed by atoms with Gasteiger partial charge in [0.1, 0.15) is 5.76 Å². The maximum absolute atomic E-state index is 6.13. The van der Waals surface area contributed by atoms with Crippen molar-refractivity contribution in [1.82, 2.24) is 15.2 Å². The van der Waals surface area contributed by atoms with Crippen molar-refractivity contribution < 1.29 is 4.42 Å². The van der Waals surface area contributed by atoms with Crippen LogP contribution in [0.15, 0.2) is 9.41 Å². The van der Waals surface area contributed by atoms with Crippen LogP contribution < -0.4 is 11.1 Å². The molecule has 1 aliphatic carbocycles. The molecule has 3 rings (SSSR count). The second-order valence-corrected chi connectivity index (χ2v) is 8.03. The Morgan fingerprint density at radius 2 is 1.85 bits per heavy atom. The zero-order chi connectivity index (χ0) is 18.4. The highest BCUT2D eigenvalue weighted by molar-refractivity contribution is 5.78. The van der Waals surface area contributed by atoms with Crippen LogP contribution in [0.3, 0.4) is 0 Å². The third-order valence-electron chi connectivity index (χ3n) is 5.87. The number of oxazole rings is 1. The average molecular weight is 362 g/mol. The second-order valence-electron chi connectivity index (χ2n) is 8.03. The van der Waals surface area contributed by atoms with Crippen molar-refractivity contribution in [2.24, 2.45) is 16.6 Å². The quantitative estimate of drug-likeness (QED) is 0.478. The molecule has 3 N–H and O–H groups in total. The first-order valence-corrected chi connectivity index (χ1v) is 10.3. The van der Waals surface area contributed by atoms with E-state index in [4.69, 9.17) is 10.2 Å². The number of guanidine groups is 1. The Morgan fingerprint density at radius 3 is 2.46 bits per heavy atom. The van der Waals surface area contributed by atoms with Crippen LogP contribution >= 0.6 is 0 Å². The van der Waals surface area contributed by atoms with Crippen LogP contribution in [0, 0.1) is 19.8 Å². The number of aromatic nitrogens is 1. The third-order valence-corrected chi connectivity index (χ3v) is 5.87. The molecule has 1 aromatic rings. The van der Waals surface area contributed by atoms with E-state index in [-0.39, 0.29) is 0 Å². The summed E-state index contributed by atoms with van der Waals surface area (Å²) in [7, 11) is 0. The van der Waals surface area contributed by atoms with Gasteiger partial charge in [-0.2, -0.15) is 0 Å². The molecule has 1 saturated heterocycles. The summed E-state index contributed by atoms with van der Waals surface area (Å²) in [6.07, 6.45) is 10.1. The van der Waals surface area contributed by atoms with E-state index in [1.165, 1.54) is 51.4 Å². The topological polar surface area (TPSA) is 79.7 Å². The van der Waals surface area contributed by atoms with E-state index in [9.17, 15) is 0 Å². The van der Waals surface area contributed by atoms with E-state index < -0.39 is 0 Å². The van der Waals surface area contributed by atoms with Gasteiger partial charge in [-0.15, -0.1) is 0 Å². The normalized spacial score (nSPS) is 21.7. The summed E-state index contributed by atoms with van der Waals surface area (Å²) in [4.78, 5) is 11.5. The lowest BCUT2D eigenvalue weighted by molar-refractivity contribution is 0.166. The lowest BCUT2D eigenvalue weighted by Gasteiger charge is -2.30. The van der Waals surface area contributed by atoms with Gasteiger partial charge in [0.15, 0.2) is 5.96 Å². The number of likely N-dealkylation sites (tertiary alicyclic amines) is 1. The minimum Gasteiger partial charge on any atom is -0.444 e. The predicted octanol–water partition coefficient (Wildman–Crippen LogP) is 3.13. The summed E-state index contributed by atoms with van der Waals surface area (Å²) in [5, 5.41) is 3.44. The summed E-state index contributed by atoms with van der Waals surface area (Å²) in [5.41, 5.74) is 7.13. The van der Waals surface area contributed by atoms with E-state index in [1.807, 2.05) is 13.8 Å². The van der Waals surface area contributed by atoms with Crippen molar-refractivity contribution >= 4 is 5.96 Å². The molecule has 2 aliphatic rings. The van der Waals surface area contributed by atoms with Gasteiger partial charge < -0.3 is 15.5 Å². The van der Waals surface area contributed by atoms with Crippen molar-refractivity contribution in [1.29, 1.82) is 0 Å². The van der Waals surface area contributed by atoms with Gasteiger partial charge in [-0.1, -0.05) is 25.7 Å². The number of nitrogens with zero attached hydrogens (tertiary/aromatic N) is 3. The minimum absolute atomic E-state index is 0.524. The Bertz CT molecular complexity index is 562. The smallest absolute Gasteiger partial charge is 0.208 e. The lowest BCUT2D eigenvalue weighted by atomic mass is 9.97. The largest absolute Gasteiger partial charge is 0.444 e. The molecule has 1 saturated carbocycles. The zero-order valence-corrected chi connectivity index (χ0v) is 16.5. The molecule has 0 amide bonds. The Hall–Kier alpha value is -1.56. The highest BCUT2D eigenvalue weighted by Crippen LogP contribution is 2.20. The Morgan fingerprint density at radius 1 is 1.15 bits per heavy atom. The van der Waals surface area contributed by atoms with Gasteiger partial charge in [-0.05, 0) is 58.5 Å². The van der Waals surface area contributed by atoms with Gasteiger partial charge >= 0.3 is 0 Å². The summed E-state index contributed by atoms with van der Waals surface area (Å²) in [6, 6.07) is 0.524. The van der Waals surface area contributed by atoms with Crippen LogP contribution in [0.5, 0.6) is 0 Å². The molecule has 26 heavy (non-hydrogen) atoms. The average Bonchev–Trinajstić information content (AvgIpc) is 2.81. The number of aryl methyl sites for hydroxylation is 2. The number of hydrogen-bond donors (Lipinski definition) is 2. The highest BCUT2D eigenvalue weighted by Gasteiger charge is 2.21. The maximum Gasteiger partial charge on any atom is 0.208 e. The number of hydrogen-bond acceptors (Lipinski definition) is 4. The molecular formula is C20H35N5O. The van der Waals surface area contributed by atoms with Crippen molar-refractivity contribution in [2.45, 2.75) is 77.8 Å². The number of nitrogens with two attached hydrogens (primary N) is 1. The molecule has 146 valence electrons. The predicted molar refractivity (Wildman–Crippen MR) is 105 cm³/mol. The summed E-state index contributed by atoms with van der Waals surface area (Å²) in [5.74, 6) is 3.05. The fourth-order valence-electron chi connectivity index (χ4n) is 4.03. The number of piperidine rings is 1. The lowest BCUT2D eigenvalue weighted by Crippen LogP contribution is -2.40. The molecule has 6 heteroatoms. The maximum atomic E-state index is 6.13. The summed E-state index contributed by atoms with van der Waals surface area (Å²) < 4.78 is 5.70. The van der Waals surface area contributed by atoms with Crippen LogP contribution in [-0.4, -0.2) is 41.5 Å². The monoisotopic (exact) mass is 361 g/mol. The molecule has 0 atom stereocenters. The zero-order valence-electron chi connectivity index (χ0n) is 16.5. The molecule has 1 aliphatic heterocycles. The van der Waals surface area contributed by atoms with Crippen molar-refractivity contribution in [3.8, 4) is 0 Å². The van der Waals surface area contributed by atoms with Crippen LogP contribution in [0.4, 0.5) is 0 Å². The molecule has 2 fully saturated rings. The Balaban J connectivity index is 1.37. The van der Waals surface area contributed by atoms with Crippen LogP contribution in [0.1, 0.15) is 68.7 Å². The molecule has 0 aromatic carbocycles. The summed E-state index contributed by atoms with van der Waals surface area (Å²) >= 11 is 0.